The lowest BCUT2D eigenvalue weighted by Gasteiger charge is -2.26. The van der Waals surface area contributed by atoms with Crippen LogP contribution in [0.3, 0.4) is 0 Å². The van der Waals surface area contributed by atoms with Crippen molar-refractivity contribution < 1.29 is 28.6 Å². The van der Waals surface area contributed by atoms with Gasteiger partial charge in [-0.2, -0.15) is 0 Å². The third kappa shape index (κ3) is 6.52. The summed E-state index contributed by atoms with van der Waals surface area (Å²) in [6.45, 7) is 2.41. The summed E-state index contributed by atoms with van der Waals surface area (Å²) in [5, 5.41) is 3.20. The zero-order valence-corrected chi connectivity index (χ0v) is 22.2. The number of barbiturate groups is 1. The van der Waals surface area contributed by atoms with E-state index >= 15 is 0 Å². The standard InChI is InChI=1S/C29H22Cl2N2O6/c1-3-13-38-25-12-5-18(15-26(25)37-4-2)14-23-27(34)32-29(36)33(28(23)35)21-8-10-22(11-9-21)39-17-19-6-7-20(30)16-24(19)31/h1,5-12,14-16H,4,13,17H2,2H3,(H,32,34,36)/b23-14+. The Morgan fingerprint density at radius 2 is 1.72 bits per heavy atom. The van der Waals surface area contributed by atoms with Gasteiger partial charge in [0.25, 0.3) is 11.8 Å². The van der Waals surface area contributed by atoms with E-state index in [1.807, 2.05) is 0 Å². The molecule has 0 spiro atoms. The molecule has 3 aromatic carbocycles. The van der Waals surface area contributed by atoms with Crippen LogP contribution in [0.2, 0.25) is 10.0 Å². The van der Waals surface area contributed by atoms with Crippen LogP contribution in [0.25, 0.3) is 6.08 Å². The fraction of sp³-hybridized carbons (Fsp3) is 0.138. The number of carbonyl (C=O) groups is 3. The van der Waals surface area contributed by atoms with Crippen LogP contribution in [0.5, 0.6) is 17.2 Å². The van der Waals surface area contributed by atoms with Crippen molar-refractivity contribution in [2.24, 2.45) is 0 Å². The molecule has 1 aliphatic rings. The summed E-state index contributed by atoms with van der Waals surface area (Å²) in [5.74, 6) is 2.09. The average Bonchev–Trinajstić information content (AvgIpc) is 2.91. The molecule has 0 unspecified atom stereocenters. The Morgan fingerprint density at radius 3 is 2.41 bits per heavy atom. The third-order valence-corrected chi connectivity index (χ3v) is 6.08. The molecule has 39 heavy (non-hydrogen) atoms. The Hall–Kier alpha value is -4.45. The lowest BCUT2D eigenvalue weighted by atomic mass is 10.1. The Labute approximate surface area is 235 Å². The maximum absolute atomic E-state index is 13.3. The van der Waals surface area contributed by atoms with Gasteiger partial charge in [-0.25, -0.2) is 9.69 Å². The maximum Gasteiger partial charge on any atom is 0.335 e. The Morgan fingerprint density at radius 1 is 0.949 bits per heavy atom. The molecule has 1 saturated heterocycles. The molecule has 4 amide bonds. The fourth-order valence-corrected chi connectivity index (χ4v) is 4.13. The molecular weight excluding hydrogens is 543 g/mol. The number of rotatable bonds is 9. The molecule has 0 saturated carbocycles. The van der Waals surface area contributed by atoms with Gasteiger partial charge in [0, 0.05) is 15.6 Å². The number of hydrogen-bond donors (Lipinski definition) is 1. The molecule has 1 aliphatic heterocycles. The van der Waals surface area contributed by atoms with Crippen molar-refractivity contribution in [1.82, 2.24) is 5.32 Å². The van der Waals surface area contributed by atoms with Crippen LogP contribution in [0.15, 0.2) is 66.2 Å². The summed E-state index contributed by atoms with van der Waals surface area (Å²) in [7, 11) is 0. The summed E-state index contributed by atoms with van der Waals surface area (Å²) in [6, 6.07) is 15.4. The number of anilines is 1. The highest BCUT2D eigenvalue weighted by Crippen LogP contribution is 2.31. The van der Waals surface area contributed by atoms with Crippen molar-refractivity contribution in [2.45, 2.75) is 13.5 Å². The van der Waals surface area contributed by atoms with Gasteiger partial charge in [0.05, 0.1) is 12.3 Å². The van der Waals surface area contributed by atoms with Gasteiger partial charge in [0.1, 0.15) is 24.5 Å². The smallest absolute Gasteiger partial charge is 0.335 e. The molecule has 8 nitrogen and oxygen atoms in total. The number of halogens is 2. The van der Waals surface area contributed by atoms with Gasteiger partial charge in [0.2, 0.25) is 0 Å². The Balaban J connectivity index is 1.54. The van der Waals surface area contributed by atoms with Crippen LogP contribution < -0.4 is 24.4 Å². The second kappa shape index (κ2) is 12.4. The van der Waals surface area contributed by atoms with Gasteiger partial charge in [-0.15, -0.1) is 6.42 Å². The minimum absolute atomic E-state index is 0.0528. The second-order valence-electron chi connectivity index (χ2n) is 8.11. The van der Waals surface area contributed by atoms with Gasteiger partial charge < -0.3 is 14.2 Å². The topological polar surface area (TPSA) is 94.2 Å². The minimum Gasteiger partial charge on any atom is -0.490 e. The van der Waals surface area contributed by atoms with E-state index in [1.54, 1.807) is 55.5 Å². The molecule has 1 N–H and O–H groups in total. The largest absolute Gasteiger partial charge is 0.490 e. The van der Waals surface area contributed by atoms with Crippen molar-refractivity contribution in [3.63, 3.8) is 0 Å². The van der Waals surface area contributed by atoms with Crippen LogP contribution in [-0.2, 0) is 16.2 Å². The quantitative estimate of drug-likeness (QED) is 0.205. The predicted molar refractivity (Wildman–Crippen MR) is 148 cm³/mol. The Bertz CT molecular complexity index is 1490. The van der Waals surface area contributed by atoms with E-state index in [0.717, 1.165) is 10.5 Å². The Kier molecular flexibility index (Phi) is 8.77. The minimum atomic E-state index is -0.864. The van der Waals surface area contributed by atoms with Crippen LogP contribution >= 0.6 is 23.2 Å². The fourth-order valence-electron chi connectivity index (χ4n) is 3.67. The number of nitrogens with zero attached hydrogens (tertiary/aromatic N) is 1. The number of amides is 4. The molecule has 0 aromatic heterocycles. The van der Waals surface area contributed by atoms with Crippen molar-refractivity contribution in [3.8, 4) is 29.6 Å². The zero-order chi connectivity index (χ0) is 27.9. The number of imide groups is 2. The normalized spacial score (nSPS) is 14.2. The second-order valence-corrected chi connectivity index (χ2v) is 8.95. The summed E-state index contributed by atoms with van der Waals surface area (Å²) in [5.41, 5.74) is 1.25. The molecule has 1 heterocycles. The zero-order valence-electron chi connectivity index (χ0n) is 20.7. The average molecular weight is 565 g/mol. The number of hydrogen-bond acceptors (Lipinski definition) is 6. The SMILES string of the molecule is C#CCOc1ccc(/C=C2\C(=O)NC(=O)N(c3ccc(OCc4ccc(Cl)cc4Cl)cc3)C2=O)cc1OCC. The van der Waals surface area contributed by atoms with E-state index in [-0.39, 0.29) is 24.5 Å². The van der Waals surface area contributed by atoms with Crippen LogP contribution in [-0.4, -0.2) is 31.1 Å². The van der Waals surface area contributed by atoms with Gasteiger partial charge in [0.15, 0.2) is 11.5 Å². The lowest BCUT2D eigenvalue weighted by molar-refractivity contribution is -0.122. The van der Waals surface area contributed by atoms with Gasteiger partial charge in [-0.3, -0.25) is 14.9 Å². The number of terminal acetylenes is 1. The first kappa shape index (κ1) is 27.6. The van der Waals surface area contributed by atoms with E-state index < -0.39 is 17.8 Å². The van der Waals surface area contributed by atoms with Gasteiger partial charge in [-0.1, -0.05) is 41.3 Å². The summed E-state index contributed by atoms with van der Waals surface area (Å²) in [6.07, 6.45) is 6.63. The third-order valence-electron chi connectivity index (χ3n) is 5.50. The van der Waals surface area contributed by atoms with E-state index in [1.165, 1.54) is 18.2 Å². The summed E-state index contributed by atoms with van der Waals surface area (Å²) in [4.78, 5) is 39.3. The van der Waals surface area contributed by atoms with Crippen molar-refractivity contribution in [1.29, 1.82) is 0 Å². The highest BCUT2D eigenvalue weighted by Gasteiger charge is 2.36. The molecule has 0 bridgehead atoms. The molecule has 0 radical (unpaired) electrons. The molecule has 3 aromatic rings. The van der Waals surface area contributed by atoms with Gasteiger partial charge >= 0.3 is 6.03 Å². The number of ether oxygens (including phenoxy) is 3. The van der Waals surface area contributed by atoms with Crippen LogP contribution in [0, 0.1) is 12.3 Å². The summed E-state index contributed by atoms with van der Waals surface area (Å²) < 4.78 is 16.8. The number of urea groups is 1. The first-order chi connectivity index (χ1) is 18.8. The van der Waals surface area contributed by atoms with Crippen molar-refractivity contribution in [2.75, 3.05) is 18.1 Å². The summed E-state index contributed by atoms with van der Waals surface area (Å²) >= 11 is 12.1. The van der Waals surface area contributed by atoms with E-state index in [9.17, 15) is 14.4 Å². The monoisotopic (exact) mass is 564 g/mol. The van der Waals surface area contributed by atoms with E-state index in [2.05, 4.69) is 11.2 Å². The number of nitrogens with one attached hydrogen (secondary N) is 1. The molecule has 0 atom stereocenters. The highest BCUT2D eigenvalue weighted by atomic mass is 35.5. The highest BCUT2D eigenvalue weighted by molar-refractivity contribution is 6.39. The van der Waals surface area contributed by atoms with Crippen molar-refractivity contribution in [3.05, 3.63) is 87.4 Å². The first-order valence-corrected chi connectivity index (χ1v) is 12.5. The van der Waals surface area contributed by atoms with Crippen molar-refractivity contribution >= 4 is 52.8 Å². The molecular formula is C29H22Cl2N2O6. The molecule has 1 fully saturated rings. The van der Waals surface area contributed by atoms with E-state index in [0.29, 0.717) is 39.5 Å². The molecule has 198 valence electrons. The first-order valence-electron chi connectivity index (χ1n) is 11.7. The lowest BCUT2D eigenvalue weighted by Crippen LogP contribution is -2.54. The van der Waals surface area contributed by atoms with Gasteiger partial charge in [-0.05, 0) is 67.1 Å². The number of benzene rings is 3. The van der Waals surface area contributed by atoms with Crippen LogP contribution in [0.4, 0.5) is 10.5 Å². The number of carbonyl (C=O) groups excluding carboxylic acids is 3. The van der Waals surface area contributed by atoms with E-state index in [4.69, 9.17) is 43.8 Å². The van der Waals surface area contributed by atoms with Crippen LogP contribution in [0.1, 0.15) is 18.1 Å². The molecule has 4 rings (SSSR count). The maximum atomic E-state index is 13.3. The predicted octanol–water partition coefficient (Wildman–Crippen LogP) is 5.65. The molecule has 10 heteroatoms. The molecule has 0 aliphatic carbocycles.